The SMILES string of the molecule is Cn1c2ncccc2n2c[n+]3c(c12)-c1ncccc1C3.[2H]C([2H])([2H])n1c2ncccc2n2c[n+]3c(c12)-c1ncccc1C3.c1ccc(-n2c3ncccc3n3c[n+]4c(c23)-c2ncccc2C4)cc1.c1cnc2c(c1)C[n+]1cc3oc4cccnc4n3c1-2.c1cnc2c(c1)C[n+]1cc3sc4cccnc4n3c1-2. The van der Waals surface area contributed by atoms with Crippen LogP contribution in [0.1, 0.15) is 31.9 Å². The van der Waals surface area contributed by atoms with Crippen LogP contribution in [0, 0.1) is 0 Å². The van der Waals surface area contributed by atoms with Crippen LogP contribution in [0.5, 0.6) is 0 Å². The van der Waals surface area contributed by atoms with Crippen LogP contribution < -0.4 is 22.8 Å². The highest BCUT2D eigenvalue weighted by Gasteiger charge is 2.39. The summed E-state index contributed by atoms with van der Waals surface area (Å²) in [6.07, 6.45) is 28.5. The Morgan fingerprint density at radius 3 is 1.37 bits per heavy atom. The zero-order chi connectivity index (χ0) is 70.2. The normalized spacial score (nSPS) is 13.5. The largest absolute Gasteiger partial charge is 0.414 e. The highest BCUT2D eigenvalue weighted by molar-refractivity contribution is 7.23. The minimum Gasteiger partial charge on any atom is -0.414 e. The number of aryl methyl sites for hydroxylation is 2. The Labute approximate surface area is 590 Å². The number of nitrogens with zero attached hydrogens (tertiary/aromatic N) is 23. The summed E-state index contributed by atoms with van der Waals surface area (Å²) in [6, 6.07) is 50.6. The molecule has 0 saturated heterocycles. The number of hydrogen-bond donors (Lipinski definition) is 0. The van der Waals surface area contributed by atoms with Gasteiger partial charge in [-0.15, -0.1) is 4.40 Å². The van der Waals surface area contributed by atoms with Gasteiger partial charge in [-0.1, -0.05) is 59.9 Å². The summed E-state index contributed by atoms with van der Waals surface area (Å²) < 4.78 is 58.2. The number of fused-ring (bicyclic) bond motifs is 35. The van der Waals surface area contributed by atoms with E-state index in [1.165, 1.54) is 42.0 Å². The number of aromatic nitrogens is 23. The van der Waals surface area contributed by atoms with Crippen molar-refractivity contribution in [2.75, 3.05) is 0 Å². The van der Waals surface area contributed by atoms with E-state index in [4.69, 9.17) is 8.53 Å². The number of hydrogen-bond acceptors (Lipinski definition) is 12. The first-order valence-electron chi connectivity index (χ1n) is 35.1. The van der Waals surface area contributed by atoms with Crippen LogP contribution in [0.2, 0.25) is 0 Å². The maximum absolute atomic E-state index is 7.95. The van der Waals surface area contributed by atoms with Gasteiger partial charge in [0.05, 0.1) is 10.4 Å². The summed E-state index contributed by atoms with van der Waals surface area (Å²) in [6.45, 7) is 1.87. The quantitative estimate of drug-likeness (QED) is 0.142. The predicted octanol–water partition coefficient (Wildman–Crippen LogP) is 10.1. The second kappa shape index (κ2) is 21.8. The Morgan fingerprint density at radius 1 is 0.379 bits per heavy atom. The van der Waals surface area contributed by atoms with Crippen LogP contribution in [0.4, 0.5) is 0 Å². The smallest absolute Gasteiger partial charge is 0.337 e. The van der Waals surface area contributed by atoms with Crippen molar-refractivity contribution in [2.45, 2.75) is 32.7 Å². The lowest BCUT2D eigenvalue weighted by atomic mass is 10.2. The molecule has 0 spiro atoms. The topological polar surface area (TPSA) is 198 Å². The molecule has 103 heavy (non-hydrogen) atoms. The molecule has 5 aliphatic rings. The molecule has 0 unspecified atom stereocenters. The second-order valence-corrected chi connectivity index (χ2v) is 26.9. The summed E-state index contributed by atoms with van der Waals surface area (Å²) in [5, 5.41) is 0. The molecule has 24 nitrogen and oxygen atoms in total. The van der Waals surface area contributed by atoms with E-state index in [-0.39, 0.29) is 0 Å². The van der Waals surface area contributed by atoms with Gasteiger partial charge < -0.3 is 4.42 Å². The number of para-hydroxylation sites is 1. The maximum Gasteiger partial charge on any atom is 0.337 e. The predicted molar refractivity (Wildman–Crippen MR) is 384 cm³/mol. The van der Waals surface area contributed by atoms with E-state index in [2.05, 4.69) is 183 Å². The molecule has 0 fully saturated rings. The monoisotopic (exact) mass is 1370 g/mol. The molecule has 0 bridgehead atoms. The molecular formula is C78H56N23OS+5. The summed E-state index contributed by atoms with van der Waals surface area (Å²) in [4.78, 5) is 46.3. The highest BCUT2D eigenvalue weighted by atomic mass is 32.1. The molecule has 25 heteroatoms. The van der Waals surface area contributed by atoms with Crippen molar-refractivity contribution in [3.63, 3.8) is 0 Å². The second-order valence-electron chi connectivity index (χ2n) is 25.9. The number of thiazole rings is 1. The van der Waals surface area contributed by atoms with Gasteiger partial charge in [-0.3, -0.25) is 28.7 Å². The molecule has 0 saturated carbocycles. The van der Waals surface area contributed by atoms with Crippen LogP contribution in [0.15, 0.2) is 249 Å². The molecule has 0 radical (unpaired) electrons. The average Bonchev–Trinajstić information content (AvgIpc) is 1.54. The third-order valence-corrected chi connectivity index (χ3v) is 21.1. The molecule has 0 amide bonds. The van der Waals surface area contributed by atoms with E-state index < -0.39 is 6.98 Å². The number of oxazole rings is 1. The first kappa shape index (κ1) is 54.1. The minimum atomic E-state index is -2.32. The van der Waals surface area contributed by atoms with E-state index in [0.717, 1.165) is 151 Å². The molecule has 20 aromatic heterocycles. The first-order valence-corrected chi connectivity index (χ1v) is 34.4. The summed E-state index contributed by atoms with van der Waals surface area (Å²) in [5.74, 6) is 2.19. The van der Waals surface area contributed by atoms with Crippen LogP contribution >= 0.6 is 11.3 Å². The van der Waals surface area contributed by atoms with E-state index in [1.807, 2.05) is 154 Å². The van der Waals surface area contributed by atoms with Gasteiger partial charge in [0.15, 0.2) is 56.7 Å². The lowest BCUT2D eigenvalue weighted by Gasteiger charge is -2.03. The van der Waals surface area contributed by atoms with Crippen molar-refractivity contribution < 1.29 is 31.4 Å². The fourth-order valence-electron chi connectivity index (χ4n) is 15.8. The van der Waals surface area contributed by atoms with Gasteiger partial charge >= 0.3 is 17.4 Å². The van der Waals surface area contributed by atoms with Gasteiger partial charge in [-0.25, -0.2) is 57.7 Å². The molecule has 490 valence electrons. The van der Waals surface area contributed by atoms with Gasteiger partial charge in [0.2, 0.25) is 27.6 Å². The van der Waals surface area contributed by atoms with E-state index >= 15 is 0 Å². The molecular weight excluding hydrogens is 1310 g/mol. The number of benzene rings is 1. The Kier molecular flexibility index (Phi) is 11.5. The number of imidazole rings is 8. The molecule has 21 aromatic rings. The lowest BCUT2D eigenvalue weighted by molar-refractivity contribution is -0.671. The molecule has 26 rings (SSSR count). The molecule has 1 aromatic carbocycles. The minimum absolute atomic E-state index is 0.454. The number of pyridine rings is 10. The third kappa shape index (κ3) is 8.35. The fourth-order valence-corrected chi connectivity index (χ4v) is 16.9. The maximum atomic E-state index is 7.95. The van der Waals surface area contributed by atoms with Crippen molar-refractivity contribution in [2.24, 2.45) is 14.0 Å². The lowest BCUT2D eigenvalue weighted by Crippen LogP contribution is -2.29. The molecule has 25 heterocycles. The third-order valence-electron chi connectivity index (χ3n) is 20.1. The van der Waals surface area contributed by atoms with Gasteiger partial charge in [0, 0.05) is 108 Å². The Balaban J connectivity index is 0.0000000830. The van der Waals surface area contributed by atoms with Crippen molar-refractivity contribution in [1.82, 2.24) is 85.5 Å². The Morgan fingerprint density at radius 2 is 0.796 bits per heavy atom. The zero-order valence-electron chi connectivity index (χ0n) is 57.7. The Bertz CT molecular complexity index is 7090. The van der Waals surface area contributed by atoms with Crippen molar-refractivity contribution in [3.8, 4) is 62.9 Å². The van der Waals surface area contributed by atoms with Crippen LogP contribution in [-0.4, -0.2) is 85.5 Å². The first-order chi connectivity index (χ1) is 52.1. The van der Waals surface area contributed by atoms with Crippen LogP contribution in [0.3, 0.4) is 0 Å². The van der Waals surface area contributed by atoms with Crippen molar-refractivity contribution in [3.05, 3.63) is 273 Å². The fraction of sp³-hybridized carbons (Fsp3) is 0.0897. The Hall–Kier alpha value is -13.8. The van der Waals surface area contributed by atoms with E-state index in [9.17, 15) is 0 Å². The van der Waals surface area contributed by atoms with Gasteiger partial charge in [-0.05, 0) is 103 Å². The van der Waals surface area contributed by atoms with Crippen LogP contribution in [0.25, 0.3) is 145 Å². The zero-order valence-corrected chi connectivity index (χ0v) is 55.5. The average molecular weight is 1370 g/mol. The molecule has 5 aliphatic heterocycles. The van der Waals surface area contributed by atoms with Gasteiger partial charge in [0.1, 0.15) is 56.0 Å². The molecule has 0 atom stereocenters. The van der Waals surface area contributed by atoms with Gasteiger partial charge in [0.25, 0.3) is 41.6 Å². The summed E-state index contributed by atoms with van der Waals surface area (Å²) in [5.41, 5.74) is 27.2. The van der Waals surface area contributed by atoms with E-state index in [0.29, 0.717) is 17.8 Å². The van der Waals surface area contributed by atoms with Crippen molar-refractivity contribution in [1.29, 1.82) is 0 Å². The number of rotatable bonds is 1. The molecule has 0 aliphatic carbocycles. The van der Waals surface area contributed by atoms with Gasteiger partial charge in [-0.2, -0.15) is 17.6 Å². The molecule has 0 N–H and O–H groups in total. The summed E-state index contributed by atoms with van der Waals surface area (Å²) in [7, 11) is 2.06. The van der Waals surface area contributed by atoms with Crippen molar-refractivity contribution >= 4 is 93.9 Å². The van der Waals surface area contributed by atoms with E-state index in [1.54, 1.807) is 29.9 Å². The highest BCUT2D eigenvalue weighted by Crippen LogP contribution is 2.38. The van der Waals surface area contributed by atoms with Crippen LogP contribution in [-0.2, 0) is 46.7 Å². The summed E-state index contributed by atoms with van der Waals surface area (Å²) >= 11 is 1.77. The standard InChI is InChI=1S/C20H14N5.2C15H12N5.C14H9N4O.C14H9N4S/c1-2-7-15(8-3-1)25-19-16(9-5-11-22-19)24-13-23-12-14-6-4-10-21-17(14)18(23)20(24)25;2*1-18-14-11(5-3-7-17-14)20-9-19-8-10-4-2-6-16-12(10)13(19)15(18)20;2*1-3-9-7-17-8-11-18(14(17)12(9)15-5-1)13-10(19-11)4-2-6-16-13/h1-11,13H,12H2;2*2-7,9H,8H2,1H3;2*1-6,8H,7H2/q5*+1/i;1D3;;;.